The largest absolute Gasteiger partial charge is 0.493 e. The molecule has 0 aromatic heterocycles. The summed E-state index contributed by atoms with van der Waals surface area (Å²) >= 11 is 0. The third-order valence-corrected chi connectivity index (χ3v) is 3.92. The number of piperidine rings is 1. The van der Waals surface area contributed by atoms with Gasteiger partial charge in [-0.1, -0.05) is 6.07 Å². The first kappa shape index (κ1) is 15.6. The highest BCUT2D eigenvalue weighted by Gasteiger charge is 2.24. The van der Waals surface area contributed by atoms with E-state index in [1.807, 2.05) is 23.1 Å². The molecular formula is C16H25N3O2. The average molecular weight is 291 g/mol. The van der Waals surface area contributed by atoms with E-state index in [0.29, 0.717) is 30.5 Å². The second kappa shape index (κ2) is 7.31. The quantitative estimate of drug-likeness (QED) is 0.837. The van der Waals surface area contributed by atoms with Crippen molar-refractivity contribution < 1.29 is 9.53 Å². The molecule has 1 amide bonds. The molecule has 1 aromatic rings. The van der Waals surface area contributed by atoms with Gasteiger partial charge in [-0.05, 0) is 39.1 Å². The standard InChI is InChI=1S/C16H25N3O2/c1-18(2)14-6-4-9-19(12-14)16(20)8-10-21-15-7-3-5-13(17)11-15/h3,5,7,11,14H,4,6,8-10,12,17H2,1-2H3. The van der Waals surface area contributed by atoms with Crippen LogP contribution in [0.2, 0.25) is 0 Å². The number of ether oxygens (including phenoxy) is 1. The van der Waals surface area contributed by atoms with Crippen LogP contribution in [-0.2, 0) is 4.79 Å². The maximum absolute atomic E-state index is 12.2. The van der Waals surface area contributed by atoms with E-state index >= 15 is 0 Å². The van der Waals surface area contributed by atoms with Crippen molar-refractivity contribution in [2.45, 2.75) is 25.3 Å². The molecule has 1 aromatic carbocycles. The Hall–Kier alpha value is -1.75. The van der Waals surface area contributed by atoms with Gasteiger partial charge in [0.15, 0.2) is 0 Å². The number of nitrogens with zero attached hydrogens (tertiary/aromatic N) is 2. The van der Waals surface area contributed by atoms with Gasteiger partial charge in [-0.15, -0.1) is 0 Å². The van der Waals surface area contributed by atoms with Crippen LogP contribution in [0.4, 0.5) is 5.69 Å². The molecule has 0 spiro atoms. The summed E-state index contributed by atoms with van der Waals surface area (Å²) in [7, 11) is 4.14. The first-order chi connectivity index (χ1) is 10.1. The first-order valence-electron chi connectivity index (χ1n) is 7.49. The number of nitrogens with two attached hydrogens (primary N) is 1. The van der Waals surface area contributed by atoms with Gasteiger partial charge in [-0.3, -0.25) is 4.79 Å². The fourth-order valence-corrected chi connectivity index (χ4v) is 2.62. The topological polar surface area (TPSA) is 58.8 Å². The predicted octanol–water partition coefficient (Wildman–Crippen LogP) is 1.59. The van der Waals surface area contributed by atoms with Crippen LogP contribution in [0.1, 0.15) is 19.3 Å². The predicted molar refractivity (Wildman–Crippen MR) is 84.3 cm³/mol. The lowest BCUT2D eigenvalue weighted by atomic mass is 10.0. The van der Waals surface area contributed by atoms with Crippen molar-refractivity contribution in [3.05, 3.63) is 24.3 Å². The highest BCUT2D eigenvalue weighted by atomic mass is 16.5. The molecule has 1 fully saturated rings. The number of hydrogen-bond donors (Lipinski definition) is 1. The summed E-state index contributed by atoms with van der Waals surface area (Å²) in [5, 5.41) is 0. The van der Waals surface area contributed by atoms with E-state index in [1.54, 1.807) is 6.07 Å². The maximum atomic E-state index is 12.2. The molecule has 1 aliphatic heterocycles. The zero-order chi connectivity index (χ0) is 15.2. The van der Waals surface area contributed by atoms with Crippen LogP contribution in [-0.4, -0.2) is 55.5 Å². The Morgan fingerprint density at radius 1 is 1.48 bits per heavy atom. The summed E-state index contributed by atoms with van der Waals surface area (Å²) < 4.78 is 5.58. The summed E-state index contributed by atoms with van der Waals surface area (Å²) in [5.41, 5.74) is 6.36. The molecule has 1 saturated heterocycles. The molecule has 0 aliphatic carbocycles. The van der Waals surface area contributed by atoms with E-state index in [4.69, 9.17) is 10.5 Å². The fraction of sp³-hybridized carbons (Fsp3) is 0.562. The highest BCUT2D eigenvalue weighted by molar-refractivity contribution is 5.76. The van der Waals surface area contributed by atoms with E-state index in [0.717, 1.165) is 25.9 Å². The summed E-state index contributed by atoms with van der Waals surface area (Å²) in [6, 6.07) is 7.75. The SMILES string of the molecule is CN(C)C1CCCN(C(=O)CCOc2cccc(N)c2)C1. The molecular weight excluding hydrogens is 266 g/mol. The molecule has 0 radical (unpaired) electrons. The Kier molecular flexibility index (Phi) is 5.44. The summed E-state index contributed by atoms with van der Waals surface area (Å²) in [5.74, 6) is 0.887. The maximum Gasteiger partial charge on any atom is 0.226 e. The van der Waals surface area contributed by atoms with Gasteiger partial charge in [0.1, 0.15) is 5.75 Å². The molecule has 1 unspecified atom stereocenters. The van der Waals surface area contributed by atoms with Crippen LogP contribution in [0.3, 0.4) is 0 Å². The molecule has 116 valence electrons. The van der Waals surface area contributed by atoms with Crippen molar-refractivity contribution in [1.29, 1.82) is 0 Å². The van der Waals surface area contributed by atoms with Gasteiger partial charge in [0.25, 0.3) is 0 Å². The molecule has 1 heterocycles. The van der Waals surface area contributed by atoms with Gasteiger partial charge in [0, 0.05) is 30.9 Å². The number of likely N-dealkylation sites (tertiary alicyclic amines) is 1. The molecule has 5 nitrogen and oxygen atoms in total. The number of carbonyl (C=O) groups excluding carboxylic acids is 1. The molecule has 0 saturated carbocycles. The smallest absolute Gasteiger partial charge is 0.226 e. The van der Waals surface area contributed by atoms with Crippen LogP contribution in [0.25, 0.3) is 0 Å². The molecule has 2 rings (SSSR count). The van der Waals surface area contributed by atoms with Gasteiger partial charge < -0.3 is 20.3 Å². The van der Waals surface area contributed by atoms with Crippen molar-refractivity contribution in [3.63, 3.8) is 0 Å². The van der Waals surface area contributed by atoms with Crippen LogP contribution >= 0.6 is 0 Å². The minimum absolute atomic E-state index is 0.172. The lowest BCUT2D eigenvalue weighted by molar-refractivity contribution is -0.133. The van der Waals surface area contributed by atoms with E-state index < -0.39 is 0 Å². The number of anilines is 1. The summed E-state index contributed by atoms with van der Waals surface area (Å²) in [6.45, 7) is 2.08. The Balaban J connectivity index is 1.76. The molecule has 1 atom stereocenters. The van der Waals surface area contributed by atoms with Crippen molar-refractivity contribution in [3.8, 4) is 5.75 Å². The van der Waals surface area contributed by atoms with E-state index in [1.165, 1.54) is 0 Å². The van der Waals surface area contributed by atoms with Crippen molar-refractivity contribution in [2.75, 3.05) is 39.5 Å². The third-order valence-electron chi connectivity index (χ3n) is 3.92. The van der Waals surface area contributed by atoms with E-state index in [-0.39, 0.29) is 5.91 Å². The molecule has 1 aliphatic rings. The second-order valence-corrected chi connectivity index (χ2v) is 5.77. The Morgan fingerprint density at radius 2 is 2.29 bits per heavy atom. The van der Waals surface area contributed by atoms with Crippen LogP contribution in [0.5, 0.6) is 5.75 Å². The Bertz CT molecular complexity index is 476. The summed E-state index contributed by atoms with van der Waals surface area (Å²) in [4.78, 5) is 16.4. The average Bonchev–Trinajstić information content (AvgIpc) is 2.47. The van der Waals surface area contributed by atoms with E-state index in [2.05, 4.69) is 19.0 Å². The van der Waals surface area contributed by atoms with Crippen LogP contribution in [0, 0.1) is 0 Å². The second-order valence-electron chi connectivity index (χ2n) is 5.77. The number of carbonyl (C=O) groups is 1. The minimum Gasteiger partial charge on any atom is -0.493 e. The zero-order valence-electron chi connectivity index (χ0n) is 12.9. The number of hydrogen-bond acceptors (Lipinski definition) is 4. The number of rotatable bonds is 5. The number of amides is 1. The van der Waals surface area contributed by atoms with Gasteiger partial charge in [0.05, 0.1) is 13.0 Å². The number of nitrogen functional groups attached to an aromatic ring is 1. The van der Waals surface area contributed by atoms with Gasteiger partial charge >= 0.3 is 0 Å². The highest BCUT2D eigenvalue weighted by Crippen LogP contribution is 2.16. The molecule has 0 bridgehead atoms. The zero-order valence-corrected chi connectivity index (χ0v) is 12.9. The molecule has 5 heteroatoms. The van der Waals surface area contributed by atoms with Crippen LogP contribution in [0.15, 0.2) is 24.3 Å². The monoisotopic (exact) mass is 291 g/mol. The first-order valence-corrected chi connectivity index (χ1v) is 7.49. The van der Waals surface area contributed by atoms with Gasteiger partial charge in [0.2, 0.25) is 5.91 Å². The molecule has 21 heavy (non-hydrogen) atoms. The van der Waals surface area contributed by atoms with Crippen molar-refractivity contribution >= 4 is 11.6 Å². The van der Waals surface area contributed by atoms with E-state index in [9.17, 15) is 4.79 Å². The lowest BCUT2D eigenvalue weighted by Crippen LogP contribution is -2.47. The lowest BCUT2D eigenvalue weighted by Gasteiger charge is -2.36. The third kappa shape index (κ3) is 4.63. The number of benzene rings is 1. The molecule has 2 N–H and O–H groups in total. The summed E-state index contributed by atoms with van der Waals surface area (Å²) in [6.07, 6.45) is 2.65. The van der Waals surface area contributed by atoms with Crippen molar-refractivity contribution in [2.24, 2.45) is 0 Å². The minimum atomic E-state index is 0.172. The Labute approximate surface area is 126 Å². The number of likely N-dealkylation sites (N-methyl/N-ethyl adjacent to an activating group) is 1. The van der Waals surface area contributed by atoms with Gasteiger partial charge in [-0.2, -0.15) is 0 Å². The Morgan fingerprint density at radius 3 is 3.00 bits per heavy atom. The van der Waals surface area contributed by atoms with Crippen LogP contribution < -0.4 is 10.5 Å². The van der Waals surface area contributed by atoms with Crippen molar-refractivity contribution in [1.82, 2.24) is 9.80 Å². The normalized spacial score (nSPS) is 18.8. The van der Waals surface area contributed by atoms with Gasteiger partial charge in [-0.25, -0.2) is 0 Å². The fourth-order valence-electron chi connectivity index (χ4n) is 2.62.